The van der Waals surface area contributed by atoms with E-state index in [2.05, 4.69) is 0 Å². The van der Waals surface area contributed by atoms with Crippen LogP contribution in [0.5, 0.6) is 0 Å². The zero-order valence-electron chi connectivity index (χ0n) is 19.1. The second-order valence-corrected chi connectivity index (χ2v) is 11.6. The van der Waals surface area contributed by atoms with E-state index in [-0.39, 0.29) is 30.5 Å². The van der Waals surface area contributed by atoms with Crippen LogP contribution >= 0.6 is 7.82 Å². The molecule has 0 bridgehead atoms. The molecule has 0 amide bonds. The van der Waals surface area contributed by atoms with E-state index in [1.807, 2.05) is 60.7 Å². The molecule has 0 saturated carbocycles. The molecule has 0 spiro atoms. The normalized spacial score (nSPS) is 13.0. The van der Waals surface area contributed by atoms with Crippen molar-refractivity contribution in [2.24, 2.45) is 5.73 Å². The second kappa shape index (κ2) is 12.4. The number of rotatable bonds is 13. The van der Waals surface area contributed by atoms with Gasteiger partial charge in [0.15, 0.2) is 9.84 Å². The number of phosphoric acid groups is 1. The van der Waals surface area contributed by atoms with Crippen LogP contribution in [0.4, 0.5) is 0 Å². The first-order valence-corrected chi connectivity index (χ1v) is 14.1. The lowest BCUT2D eigenvalue weighted by Gasteiger charge is -2.20. The Hall–Kier alpha value is -2.32. The summed E-state index contributed by atoms with van der Waals surface area (Å²) in [6.45, 7) is 1.79. The summed E-state index contributed by atoms with van der Waals surface area (Å²) in [5, 5.41) is 0. The molecule has 3 aromatic carbocycles. The SMILES string of the molecule is CCS(=O)(=O)c1ccc([C@H](N)CCOP(=O)(OCc2ccccc2)OCc2ccccc2)cc1. The third-order valence-corrected chi connectivity index (χ3v) is 8.33. The van der Waals surface area contributed by atoms with Crippen LogP contribution in [0.15, 0.2) is 89.8 Å². The summed E-state index contributed by atoms with van der Waals surface area (Å²) in [5.74, 6) is 0.0352. The molecule has 7 nitrogen and oxygen atoms in total. The summed E-state index contributed by atoms with van der Waals surface area (Å²) in [6.07, 6.45) is 0.341. The van der Waals surface area contributed by atoms with Gasteiger partial charge in [0.1, 0.15) is 0 Å². The van der Waals surface area contributed by atoms with Gasteiger partial charge in [-0.05, 0) is 35.2 Å². The quantitative estimate of drug-likeness (QED) is 0.310. The van der Waals surface area contributed by atoms with Gasteiger partial charge in [0, 0.05) is 6.04 Å². The fourth-order valence-electron chi connectivity index (χ4n) is 3.11. The zero-order valence-corrected chi connectivity index (χ0v) is 20.8. The van der Waals surface area contributed by atoms with Crippen LogP contribution in [0.1, 0.15) is 36.1 Å². The maximum Gasteiger partial charge on any atom is 0.475 e. The summed E-state index contributed by atoms with van der Waals surface area (Å²) in [5.41, 5.74) is 8.68. The van der Waals surface area contributed by atoms with Crippen LogP contribution in [-0.2, 0) is 41.2 Å². The van der Waals surface area contributed by atoms with E-state index >= 15 is 0 Å². The predicted molar refractivity (Wildman–Crippen MR) is 132 cm³/mol. The third-order valence-electron chi connectivity index (χ3n) is 5.19. The highest BCUT2D eigenvalue weighted by Gasteiger charge is 2.27. The monoisotopic (exact) mass is 503 g/mol. The van der Waals surface area contributed by atoms with Crippen molar-refractivity contribution in [2.45, 2.75) is 37.5 Å². The molecule has 9 heteroatoms. The van der Waals surface area contributed by atoms with Crippen LogP contribution in [0.25, 0.3) is 0 Å². The number of nitrogens with two attached hydrogens (primary N) is 1. The van der Waals surface area contributed by atoms with Gasteiger partial charge in [0.2, 0.25) is 0 Å². The Kier molecular flexibility index (Phi) is 9.59. The molecular weight excluding hydrogens is 473 g/mol. The lowest BCUT2D eigenvalue weighted by atomic mass is 10.1. The Balaban J connectivity index is 1.60. The van der Waals surface area contributed by atoms with Crippen molar-refractivity contribution in [3.8, 4) is 0 Å². The fraction of sp³-hybridized carbons (Fsp3) is 0.280. The molecule has 0 fully saturated rings. The van der Waals surface area contributed by atoms with Crippen LogP contribution < -0.4 is 5.73 Å². The average molecular weight is 504 g/mol. The van der Waals surface area contributed by atoms with Crippen molar-refractivity contribution in [2.75, 3.05) is 12.4 Å². The highest BCUT2D eigenvalue weighted by molar-refractivity contribution is 7.91. The van der Waals surface area contributed by atoms with Gasteiger partial charge < -0.3 is 5.73 Å². The van der Waals surface area contributed by atoms with E-state index < -0.39 is 23.7 Å². The number of phosphoric ester groups is 1. The maximum absolute atomic E-state index is 13.3. The third kappa shape index (κ3) is 7.87. The standard InChI is InChI=1S/C25H30NO6PS/c1-2-34(28,29)24-15-13-23(14-16-24)25(26)17-18-30-33(27,31-19-21-9-5-3-6-10-21)32-20-22-11-7-4-8-12-22/h3-16,25H,2,17-20,26H2,1H3/t25-/m1/s1. The van der Waals surface area contributed by atoms with Crippen molar-refractivity contribution in [1.82, 2.24) is 0 Å². The van der Waals surface area contributed by atoms with Gasteiger partial charge >= 0.3 is 7.82 Å². The van der Waals surface area contributed by atoms with Crippen molar-refractivity contribution in [3.63, 3.8) is 0 Å². The molecule has 34 heavy (non-hydrogen) atoms. The molecule has 0 aliphatic rings. The molecule has 0 aliphatic carbocycles. The number of sulfone groups is 1. The minimum atomic E-state index is -3.87. The Bertz CT molecular complexity index is 1120. The van der Waals surface area contributed by atoms with E-state index in [0.717, 1.165) is 16.7 Å². The predicted octanol–water partition coefficient (Wildman–Crippen LogP) is 5.43. The highest BCUT2D eigenvalue weighted by Crippen LogP contribution is 2.51. The number of hydrogen-bond acceptors (Lipinski definition) is 7. The first-order valence-electron chi connectivity index (χ1n) is 11.0. The lowest BCUT2D eigenvalue weighted by Crippen LogP contribution is -2.14. The van der Waals surface area contributed by atoms with Gasteiger partial charge in [-0.1, -0.05) is 79.7 Å². The highest BCUT2D eigenvalue weighted by atomic mass is 32.2. The van der Waals surface area contributed by atoms with Crippen LogP contribution in [0, 0.1) is 0 Å². The van der Waals surface area contributed by atoms with Gasteiger partial charge in [-0.25, -0.2) is 13.0 Å². The average Bonchev–Trinajstić information content (AvgIpc) is 2.88. The largest absolute Gasteiger partial charge is 0.475 e. The van der Waals surface area contributed by atoms with E-state index in [0.29, 0.717) is 6.42 Å². The van der Waals surface area contributed by atoms with Gasteiger partial charge in [-0.3, -0.25) is 13.6 Å². The Morgan fingerprint density at radius 2 is 1.29 bits per heavy atom. The topological polar surface area (TPSA) is 105 Å². The van der Waals surface area contributed by atoms with Crippen molar-refractivity contribution >= 4 is 17.7 Å². The summed E-state index contributed by atoms with van der Waals surface area (Å²) in [4.78, 5) is 0.260. The Morgan fingerprint density at radius 3 is 1.76 bits per heavy atom. The van der Waals surface area contributed by atoms with E-state index in [4.69, 9.17) is 19.3 Å². The van der Waals surface area contributed by atoms with Crippen molar-refractivity contribution in [1.29, 1.82) is 0 Å². The molecule has 3 rings (SSSR count). The Labute approximate surface area is 201 Å². The maximum atomic E-state index is 13.3. The van der Waals surface area contributed by atoms with Crippen LogP contribution in [0.3, 0.4) is 0 Å². The van der Waals surface area contributed by atoms with E-state index in [9.17, 15) is 13.0 Å². The summed E-state index contributed by atoms with van der Waals surface area (Å²) in [7, 11) is -7.14. The second-order valence-electron chi connectivity index (χ2n) is 7.67. The molecule has 0 aromatic heterocycles. The molecule has 0 heterocycles. The fourth-order valence-corrected chi connectivity index (χ4v) is 5.17. The molecule has 0 unspecified atom stereocenters. The summed E-state index contributed by atoms with van der Waals surface area (Å²) in [6, 6.07) is 24.7. The lowest BCUT2D eigenvalue weighted by molar-refractivity contribution is 0.101. The zero-order chi connectivity index (χ0) is 24.4. The molecule has 0 aliphatic heterocycles. The van der Waals surface area contributed by atoms with E-state index in [1.54, 1.807) is 31.2 Å². The molecule has 1 atom stereocenters. The summed E-state index contributed by atoms with van der Waals surface area (Å²) < 4.78 is 54.0. The molecule has 2 N–H and O–H groups in total. The van der Waals surface area contributed by atoms with Gasteiger partial charge in [-0.2, -0.15) is 0 Å². The molecular formula is C25H30NO6PS. The number of benzene rings is 3. The minimum absolute atomic E-state index is 0.0352. The van der Waals surface area contributed by atoms with Crippen molar-refractivity contribution < 1.29 is 26.6 Å². The van der Waals surface area contributed by atoms with E-state index in [1.165, 1.54) is 0 Å². The first-order chi connectivity index (χ1) is 16.3. The molecule has 0 saturated heterocycles. The van der Waals surface area contributed by atoms with Crippen LogP contribution in [0.2, 0.25) is 0 Å². The summed E-state index contributed by atoms with van der Waals surface area (Å²) >= 11 is 0. The van der Waals surface area contributed by atoms with Gasteiger partial charge in [0.25, 0.3) is 0 Å². The molecule has 3 aromatic rings. The first kappa shape index (κ1) is 26.3. The molecule has 182 valence electrons. The Morgan fingerprint density at radius 1 is 0.794 bits per heavy atom. The van der Waals surface area contributed by atoms with Gasteiger partial charge in [0.05, 0.1) is 30.5 Å². The minimum Gasteiger partial charge on any atom is -0.324 e. The van der Waals surface area contributed by atoms with Crippen LogP contribution in [-0.4, -0.2) is 20.8 Å². The number of hydrogen-bond donors (Lipinski definition) is 1. The molecule has 0 radical (unpaired) electrons. The van der Waals surface area contributed by atoms with Crippen molar-refractivity contribution in [3.05, 3.63) is 102 Å². The smallest absolute Gasteiger partial charge is 0.324 e. The van der Waals surface area contributed by atoms with Gasteiger partial charge in [-0.15, -0.1) is 0 Å².